The third kappa shape index (κ3) is 4.62. The number of nitrogens with zero attached hydrogens (tertiary/aromatic N) is 1. The Kier molecular flexibility index (Phi) is 5.64. The van der Waals surface area contributed by atoms with Crippen LogP contribution in [0.25, 0.3) is 0 Å². The minimum Gasteiger partial charge on any atom is -0.328 e. The zero-order chi connectivity index (χ0) is 15.3. The first kappa shape index (κ1) is 16.1. The predicted molar refractivity (Wildman–Crippen MR) is 78.7 cm³/mol. The summed E-state index contributed by atoms with van der Waals surface area (Å²) in [6.45, 7) is 5.30. The summed E-state index contributed by atoms with van der Waals surface area (Å²) in [5.74, 6) is -0.0954. The Morgan fingerprint density at radius 2 is 2.05 bits per heavy atom. The number of nitro benzene ring substituents is 1. The van der Waals surface area contributed by atoms with Crippen molar-refractivity contribution < 1.29 is 9.72 Å². The summed E-state index contributed by atoms with van der Waals surface area (Å²) in [7, 11) is 0. The van der Waals surface area contributed by atoms with Gasteiger partial charge in [-0.1, -0.05) is 0 Å². The molecule has 0 saturated heterocycles. The molecule has 1 rings (SSSR count). The van der Waals surface area contributed by atoms with E-state index in [1.54, 1.807) is 19.9 Å². The van der Waals surface area contributed by atoms with Crippen LogP contribution in [-0.2, 0) is 4.79 Å². The number of anilines is 1. The fraction of sp³-hybridized carbons (Fsp3) is 0.500. The summed E-state index contributed by atoms with van der Waals surface area (Å²) < 4.78 is 0. The lowest BCUT2D eigenvalue weighted by Crippen LogP contribution is -2.17. The Bertz CT molecular complexity index is 513. The lowest BCUT2D eigenvalue weighted by atomic mass is 10.1. The van der Waals surface area contributed by atoms with Crippen LogP contribution in [0.15, 0.2) is 12.1 Å². The van der Waals surface area contributed by atoms with Crippen LogP contribution in [0.4, 0.5) is 11.4 Å². The van der Waals surface area contributed by atoms with Crippen molar-refractivity contribution in [3.63, 3.8) is 0 Å². The van der Waals surface area contributed by atoms with Gasteiger partial charge in [-0.05, 0) is 45.2 Å². The van der Waals surface area contributed by atoms with Crippen LogP contribution in [0, 0.1) is 24.0 Å². The molecule has 110 valence electrons. The Morgan fingerprint density at radius 1 is 1.40 bits per heavy atom. The summed E-state index contributed by atoms with van der Waals surface area (Å²) in [6.07, 6.45) is 1.93. The molecular formula is C14H21N3O3. The van der Waals surface area contributed by atoms with E-state index in [0.29, 0.717) is 23.2 Å². The van der Waals surface area contributed by atoms with Crippen LogP contribution in [0.5, 0.6) is 0 Å². The van der Waals surface area contributed by atoms with Crippen molar-refractivity contribution in [2.75, 3.05) is 5.32 Å². The second-order valence-corrected chi connectivity index (χ2v) is 5.13. The van der Waals surface area contributed by atoms with Gasteiger partial charge in [-0.25, -0.2) is 0 Å². The van der Waals surface area contributed by atoms with E-state index in [9.17, 15) is 14.9 Å². The predicted octanol–water partition coefficient (Wildman–Crippen LogP) is 2.67. The van der Waals surface area contributed by atoms with Gasteiger partial charge in [-0.15, -0.1) is 0 Å². The van der Waals surface area contributed by atoms with Gasteiger partial charge < -0.3 is 11.1 Å². The molecule has 0 saturated carbocycles. The van der Waals surface area contributed by atoms with E-state index in [2.05, 4.69) is 5.32 Å². The Hall–Kier alpha value is -1.95. The van der Waals surface area contributed by atoms with Crippen LogP contribution in [0.1, 0.15) is 37.3 Å². The molecular weight excluding hydrogens is 258 g/mol. The number of aryl methyl sites for hydroxylation is 2. The third-order valence-corrected chi connectivity index (χ3v) is 3.08. The topological polar surface area (TPSA) is 98.3 Å². The fourth-order valence-electron chi connectivity index (χ4n) is 1.93. The van der Waals surface area contributed by atoms with Gasteiger partial charge in [0.05, 0.1) is 4.92 Å². The lowest BCUT2D eigenvalue weighted by molar-refractivity contribution is -0.385. The van der Waals surface area contributed by atoms with Crippen molar-refractivity contribution in [2.45, 2.75) is 46.1 Å². The second kappa shape index (κ2) is 7.00. The number of amides is 1. The van der Waals surface area contributed by atoms with Gasteiger partial charge in [0.1, 0.15) is 0 Å². The zero-order valence-electron chi connectivity index (χ0n) is 12.1. The average molecular weight is 279 g/mol. The van der Waals surface area contributed by atoms with Gasteiger partial charge in [0.15, 0.2) is 0 Å². The molecule has 0 aliphatic carbocycles. The highest BCUT2D eigenvalue weighted by Gasteiger charge is 2.14. The molecule has 1 unspecified atom stereocenters. The first-order chi connectivity index (χ1) is 9.31. The third-order valence-electron chi connectivity index (χ3n) is 3.08. The quantitative estimate of drug-likeness (QED) is 0.617. The van der Waals surface area contributed by atoms with Crippen LogP contribution < -0.4 is 11.1 Å². The number of carbonyl (C=O) groups excluding carboxylic acids is 1. The largest absolute Gasteiger partial charge is 0.328 e. The molecule has 6 heteroatoms. The second-order valence-electron chi connectivity index (χ2n) is 5.13. The van der Waals surface area contributed by atoms with Crippen LogP contribution in [-0.4, -0.2) is 16.9 Å². The van der Waals surface area contributed by atoms with Gasteiger partial charge in [-0.3, -0.25) is 14.9 Å². The minimum atomic E-state index is -0.420. The standard InChI is InChI=1S/C14H21N3O3/c1-9-8-13(17(19)20)10(2)7-12(9)16-14(18)6-4-5-11(3)15/h7-8,11H,4-6,15H2,1-3H3,(H,16,18). The molecule has 1 amide bonds. The number of hydrogen-bond acceptors (Lipinski definition) is 4. The maximum Gasteiger partial charge on any atom is 0.272 e. The van der Waals surface area contributed by atoms with Crippen molar-refractivity contribution in [3.05, 3.63) is 33.4 Å². The molecule has 1 atom stereocenters. The highest BCUT2D eigenvalue weighted by molar-refractivity contribution is 5.91. The molecule has 0 fully saturated rings. The molecule has 0 aliphatic rings. The first-order valence-corrected chi connectivity index (χ1v) is 6.62. The van der Waals surface area contributed by atoms with Crippen LogP contribution >= 0.6 is 0 Å². The summed E-state index contributed by atoms with van der Waals surface area (Å²) in [6, 6.07) is 3.20. The molecule has 20 heavy (non-hydrogen) atoms. The highest BCUT2D eigenvalue weighted by Crippen LogP contribution is 2.26. The molecule has 1 aromatic carbocycles. The molecule has 0 spiro atoms. The van der Waals surface area contributed by atoms with Crippen LogP contribution in [0.2, 0.25) is 0 Å². The van der Waals surface area contributed by atoms with Crippen LogP contribution in [0.3, 0.4) is 0 Å². The minimum absolute atomic E-state index is 0.0671. The lowest BCUT2D eigenvalue weighted by Gasteiger charge is -2.10. The number of nitro groups is 1. The van der Waals surface area contributed by atoms with Gasteiger partial charge in [0.25, 0.3) is 5.69 Å². The molecule has 0 bridgehead atoms. The molecule has 0 aliphatic heterocycles. The normalized spacial score (nSPS) is 12.0. The van der Waals surface area contributed by atoms with Gasteiger partial charge in [0.2, 0.25) is 5.91 Å². The summed E-state index contributed by atoms with van der Waals surface area (Å²) in [4.78, 5) is 22.2. The van der Waals surface area contributed by atoms with Crippen molar-refractivity contribution in [2.24, 2.45) is 5.73 Å². The molecule has 0 radical (unpaired) electrons. The highest BCUT2D eigenvalue weighted by atomic mass is 16.6. The summed E-state index contributed by atoms with van der Waals surface area (Å²) >= 11 is 0. The Morgan fingerprint density at radius 3 is 2.60 bits per heavy atom. The number of carbonyl (C=O) groups is 1. The molecule has 0 aromatic heterocycles. The van der Waals surface area contributed by atoms with E-state index in [1.807, 2.05) is 6.92 Å². The smallest absolute Gasteiger partial charge is 0.272 e. The summed E-state index contributed by atoms with van der Waals surface area (Å²) in [5, 5.41) is 13.6. The zero-order valence-corrected chi connectivity index (χ0v) is 12.1. The van der Waals surface area contributed by atoms with Gasteiger partial charge in [-0.2, -0.15) is 0 Å². The van der Waals surface area contributed by atoms with Crippen molar-refractivity contribution in [1.82, 2.24) is 0 Å². The molecule has 3 N–H and O–H groups in total. The van der Waals surface area contributed by atoms with Crippen molar-refractivity contribution in [3.8, 4) is 0 Å². The Labute approximate surface area is 118 Å². The molecule has 0 heterocycles. The van der Waals surface area contributed by atoms with Crippen molar-refractivity contribution in [1.29, 1.82) is 0 Å². The van der Waals surface area contributed by atoms with E-state index in [0.717, 1.165) is 12.8 Å². The van der Waals surface area contributed by atoms with E-state index < -0.39 is 4.92 Å². The van der Waals surface area contributed by atoms with E-state index in [-0.39, 0.29) is 17.6 Å². The molecule has 1 aromatic rings. The first-order valence-electron chi connectivity index (χ1n) is 6.62. The van der Waals surface area contributed by atoms with E-state index >= 15 is 0 Å². The summed E-state index contributed by atoms with van der Waals surface area (Å²) in [5.41, 5.74) is 7.53. The SMILES string of the molecule is Cc1cc([N+](=O)[O-])c(C)cc1NC(=O)CCCC(C)N. The maximum absolute atomic E-state index is 11.8. The number of nitrogens with two attached hydrogens (primary N) is 1. The number of benzene rings is 1. The number of nitrogens with one attached hydrogen (secondary N) is 1. The Balaban J connectivity index is 2.71. The fourth-order valence-corrected chi connectivity index (χ4v) is 1.93. The molecule has 6 nitrogen and oxygen atoms in total. The van der Waals surface area contributed by atoms with Crippen molar-refractivity contribution >= 4 is 17.3 Å². The monoisotopic (exact) mass is 279 g/mol. The maximum atomic E-state index is 11.8. The number of hydrogen-bond donors (Lipinski definition) is 2. The number of rotatable bonds is 6. The average Bonchev–Trinajstić information content (AvgIpc) is 2.32. The van der Waals surface area contributed by atoms with Gasteiger partial charge >= 0.3 is 0 Å². The van der Waals surface area contributed by atoms with E-state index in [1.165, 1.54) is 6.07 Å². The van der Waals surface area contributed by atoms with Gasteiger partial charge in [0, 0.05) is 29.8 Å². The van der Waals surface area contributed by atoms with E-state index in [4.69, 9.17) is 5.73 Å².